The molecular formula is C13H21N3O2. The van der Waals surface area contributed by atoms with Crippen LogP contribution in [-0.2, 0) is 9.59 Å². The van der Waals surface area contributed by atoms with E-state index in [0.29, 0.717) is 24.5 Å². The highest BCUT2D eigenvalue weighted by molar-refractivity contribution is 6.39. The van der Waals surface area contributed by atoms with Crippen LogP contribution in [0.5, 0.6) is 0 Å². The first-order valence-corrected chi connectivity index (χ1v) is 6.72. The number of hydrazone groups is 1. The molecule has 0 aromatic rings. The Kier molecular flexibility index (Phi) is 3.99. The Hall–Kier alpha value is -1.39. The summed E-state index contributed by atoms with van der Waals surface area (Å²) >= 11 is 0. The van der Waals surface area contributed by atoms with Gasteiger partial charge in [-0.1, -0.05) is 13.8 Å². The molecule has 3 atom stereocenters. The Morgan fingerprint density at radius 2 is 2.06 bits per heavy atom. The van der Waals surface area contributed by atoms with Gasteiger partial charge < -0.3 is 5.32 Å². The van der Waals surface area contributed by atoms with Crippen molar-refractivity contribution in [3.8, 4) is 0 Å². The summed E-state index contributed by atoms with van der Waals surface area (Å²) in [5, 5.41) is 6.85. The van der Waals surface area contributed by atoms with Gasteiger partial charge in [0.15, 0.2) is 0 Å². The third-order valence-electron chi connectivity index (χ3n) is 4.10. The lowest BCUT2D eigenvalue weighted by Gasteiger charge is -2.32. The van der Waals surface area contributed by atoms with Crippen molar-refractivity contribution in [2.24, 2.45) is 16.9 Å². The van der Waals surface area contributed by atoms with E-state index >= 15 is 0 Å². The molecule has 0 aromatic heterocycles. The minimum atomic E-state index is -0.123. The first-order chi connectivity index (χ1) is 8.56. The summed E-state index contributed by atoms with van der Waals surface area (Å²) in [5.74, 6) is 1.15. The van der Waals surface area contributed by atoms with Gasteiger partial charge in [-0.3, -0.25) is 9.59 Å². The van der Waals surface area contributed by atoms with E-state index in [4.69, 9.17) is 0 Å². The van der Waals surface area contributed by atoms with Crippen LogP contribution in [0.15, 0.2) is 5.10 Å². The van der Waals surface area contributed by atoms with Gasteiger partial charge in [0.25, 0.3) is 5.91 Å². The summed E-state index contributed by atoms with van der Waals surface area (Å²) in [7, 11) is 0. The molecule has 0 bridgehead atoms. The van der Waals surface area contributed by atoms with Gasteiger partial charge in [-0.2, -0.15) is 5.10 Å². The molecule has 1 saturated carbocycles. The molecule has 2 rings (SSSR count). The van der Waals surface area contributed by atoms with Crippen molar-refractivity contribution in [2.75, 3.05) is 0 Å². The van der Waals surface area contributed by atoms with Gasteiger partial charge in [0, 0.05) is 18.9 Å². The Morgan fingerprint density at radius 3 is 2.67 bits per heavy atom. The quantitative estimate of drug-likeness (QED) is 0.774. The smallest absolute Gasteiger partial charge is 0.267 e. The van der Waals surface area contributed by atoms with Crippen LogP contribution in [0.25, 0.3) is 0 Å². The first kappa shape index (κ1) is 13.1. The molecular weight excluding hydrogens is 230 g/mol. The number of hydrogen-bond donors (Lipinski definition) is 2. The highest BCUT2D eigenvalue weighted by Gasteiger charge is 2.27. The molecule has 2 aliphatic rings. The maximum atomic E-state index is 12.0. The molecule has 2 amide bonds. The number of carbonyl (C=O) groups is 2. The van der Waals surface area contributed by atoms with Crippen LogP contribution in [0.4, 0.5) is 0 Å². The standard InChI is InChI=1S/C13H21N3O2/c1-8-3-4-10(7-9(8)2)14-13(18)11-5-6-12(17)16-15-11/h8-10H,3-7H2,1-2H3,(H,14,18)(H,16,17). The van der Waals surface area contributed by atoms with E-state index in [1.807, 2.05) is 0 Å². The third-order valence-corrected chi connectivity index (χ3v) is 4.10. The Morgan fingerprint density at radius 1 is 1.28 bits per heavy atom. The number of carbonyl (C=O) groups excluding carboxylic acids is 2. The molecule has 3 unspecified atom stereocenters. The van der Waals surface area contributed by atoms with Crippen LogP contribution in [0.2, 0.25) is 0 Å². The molecule has 0 saturated heterocycles. The summed E-state index contributed by atoms with van der Waals surface area (Å²) in [4.78, 5) is 22.9. The normalized spacial score (nSPS) is 32.4. The van der Waals surface area contributed by atoms with E-state index in [1.54, 1.807) is 0 Å². The van der Waals surface area contributed by atoms with Crippen molar-refractivity contribution >= 4 is 17.5 Å². The monoisotopic (exact) mass is 251 g/mol. The van der Waals surface area contributed by atoms with Gasteiger partial charge in [-0.25, -0.2) is 5.43 Å². The molecule has 1 heterocycles. The minimum absolute atomic E-state index is 0.119. The molecule has 18 heavy (non-hydrogen) atoms. The zero-order valence-corrected chi connectivity index (χ0v) is 11.0. The average molecular weight is 251 g/mol. The van der Waals surface area contributed by atoms with Crippen molar-refractivity contribution in [1.82, 2.24) is 10.7 Å². The summed E-state index contributed by atoms with van der Waals surface area (Å²) in [5.41, 5.74) is 2.80. The van der Waals surface area contributed by atoms with E-state index in [2.05, 4.69) is 29.7 Å². The van der Waals surface area contributed by atoms with E-state index < -0.39 is 0 Å². The van der Waals surface area contributed by atoms with Crippen molar-refractivity contribution in [3.63, 3.8) is 0 Å². The van der Waals surface area contributed by atoms with Crippen LogP contribution in [0.3, 0.4) is 0 Å². The van der Waals surface area contributed by atoms with E-state index in [9.17, 15) is 9.59 Å². The van der Waals surface area contributed by atoms with Crippen LogP contribution < -0.4 is 10.7 Å². The number of amides is 2. The van der Waals surface area contributed by atoms with Gasteiger partial charge in [0.1, 0.15) is 5.71 Å². The van der Waals surface area contributed by atoms with Gasteiger partial charge >= 0.3 is 0 Å². The SMILES string of the molecule is CC1CCC(NC(=O)C2=NNC(=O)CC2)CC1C. The summed E-state index contributed by atoms with van der Waals surface area (Å²) < 4.78 is 0. The van der Waals surface area contributed by atoms with Gasteiger partial charge in [0.2, 0.25) is 5.91 Å². The molecule has 5 nitrogen and oxygen atoms in total. The largest absolute Gasteiger partial charge is 0.348 e. The molecule has 0 aromatic carbocycles. The van der Waals surface area contributed by atoms with Crippen LogP contribution in [-0.4, -0.2) is 23.6 Å². The van der Waals surface area contributed by atoms with Crippen molar-refractivity contribution < 1.29 is 9.59 Å². The highest BCUT2D eigenvalue weighted by Crippen LogP contribution is 2.29. The summed E-state index contributed by atoms with van der Waals surface area (Å²) in [6.07, 6.45) is 4.03. The van der Waals surface area contributed by atoms with Crippen molar-refractivity contribution in [2.45, 2.75) is 52.0 Å². The fourth-order valence-corrected chi connectivity index (χ4v) is 2.59. The number of rotatable bonds is 2. The summed E-state index contributed by atoms with van der Waals surface area (Å²) in [6.45, 7) is 4.50. The Labute approximate surface area is 107 Å². The molecule has 1 aliphatic heterocycles. The van der Waals surface area contributed by atoms with E-state index in [1.165, 1.54) is 0 Å². The fourth-order valence-electron chi connectivity index (χ4n) is 2.59. The number of hydrogen-bond acceptors (Lipinski definition) is 3. The second-order valence-corrected chi connectivity index (χ2v) is 5.53. The molecule has 2 N–H and O–H groups in total. The Bertz CT molecular complexity index is 378. The van der Waals surface area contributed by atoms with Gasteiger partial charge in [-0.15, -0.1) is 0 Å². The second-order valence-electron chi connectivity index (χ2n) is 5.53. The van der Waals surface area contributed by atoms with Crippen molar-refractivity contribution in [1.29, 1.82) is 0 Å². The van der Waals surface area contributed by atoms with Crippen LogP contribution in [0.1, 0.15) is 46.0 Å². The highest BCUT2D eigenvalue weighted by atomic mass is 16.2. The molecule has 1 fully saturated rings. The maximum absolute atomic E-state index is 12.0. The van der Waals surface area contributed by atoms with Crippen LogP contribution in [0, 0.1) is 11.8 Å². The molecule has 100 valence electrons. The molecule has 0 radical (unpaired) electrons. The number of nitrogens with one attached hydrogen (secondary N) is 2. The zero-order valence-electron chi connectivity index (χ0n) is 11.0. The lowest BCUT2D eigenvalue weighted by Crippen LogP contribution is -2.44. The third kappa shape index (κ3) is 3.09. The summed E-state index contributed by atoms with van der Waals surface area (Å²) in [6, 6.07) is 0.254. The molecule has 1 aliphatic carbocycles. The van der Waals surface area contributed by atoms with Gasteiger partial charge in [-0.05, 0) is 31.1 Å². The lowest BCUT2D eigenvalue weighted by molar-refractivity contribution is -0.121. The van der Waals surface area contributed by atoms with E-state index in [0.717, 1.165) is 25.2 Å². The predicted molar refractivity (Wildman–Crippen MR) is 68.9 cm³/mol. The maximum Gasteiger partial charge on any atom is 0.267 e. The van der Waals surface area contributed by atoms with E-state index in [-0.39, 0.29) is 17.9 Å². The molecule has 0 spiro atoms. The Balaban J connectivity index is 1.86. The fraction of sp³-hybridized carbons (Fsp3) is 0.769. The van der Waals surface area contributed by atoms with Crippen LogP contribution >= 0.6 is 0 Å². The topological polar surface area (TPSA) is 70.6 Å². The first-order valence-electron chi connectivity index (χ1n) is 6.72. The lowest BCUT2D eigenvalue weighted by atomic mass is 9.79. The van der Waals surface area contributed by atoms with Crippen molar-refractivity contribution in [3.05, 3.63) is 0 Å². The second kappa shape index (κ2) is 5.50. The minimum Gasteiger partial charge on any atom is -0.348 e. The zero-order chi connectivity index (χ0) is 13.1. The predicted octanol–water partition coefficient (Wildman–Crippen LogP) is 1.19. The number of nitrogens with zero attached hydrogens (tertiary/aromatic N) is 1. The molecule has 5 heteroatoms. The average Bonchev–Trinajstić information content (AvgIpc) is 2.34. The van der Waals surface area contributed by atoms with Gasteiger partial charge in [0.05, 0.1) is 0 Å².